The van der Waals surface area contributed by atoms with Crippen molar-refractivity contribution in [1.29, 1.82) is 0 Å². The third-order valence-electron chi connectivity index (χ3n) is 4.33. The van der Waals surface area contributed by atoms with Crippen molar-refractivity contribution in [3.63, 3.8) is 0 Å². The molecule has 0 amide bonds. The molecule has 2 rings (SSSR count). The zero-order valence-electron chi connectivity index (χ0n) is 13.0. The molecule has 0 bridgehead atoms. The van der Waals surface area contributed by atoms with Gasteiger partial charge in [0.15, 0.2) is 0 Å². The molecular weight excluding hydrogens is 246 g/mol. The molecule has 1 saturated carbocycles. The quantitative estimate of drug-likeness (QED) is 0.740. The molecule has 1 aliphatic carbocycles. The fraction of sp³-hybridized carbons (Fsp3) is 0.667. The normalized spacial score (nSPS) is 23.3. The van der Waals surface area contributed by atoms with E-state index in [4.69, 9.17) is 4.74 Å². The molecule has 20 heavy (non-hydrogen) atoms. The van der Waals surface area contributed by atoms with Crippen LogP contribution in [0, 0.1) is 5.92 Å². The molecule has 0 heterocycles. The molecular formula is C18H29NO. The molecule has 0 spiro atoms. The molecule has 1 aromatic rings. The molecule has 1 N–H and O–H groups in total. The molecule has 1 aromatic carbocycles. The van der Waals surface area contributed by atoms with Crippen molar-refractivity contribution < 1.29 is 4.74 Å². The summed E-state index contributed by atoms with van der Waals surface area (Å²) in [5.74, 6) is 0.867. The smallest absolute Gasteiger partial charge is 0.0580 e. The van der Waals surface area contributed by atoms with Gasteiger partial charge < -0.3 is 10.1 Å². The van der Waals surface area contributed by atoms with E-state index in [1.807, 2.05) is 0 Å². The van der Waals surface area contributed by atoms with Gasteiger partial charge in [0.05, 0.1) is 6.10 Å². The van der Waals surface area contributed by atoms with Crippen LogP contribution in [-0.4, -0.2) is 25.3 Å². The van der Waals surface area contributed by atoms with Gasteiger partial charge in [0, 0.05) is 12.6 Å². The van der Waals surface area contributed by atoms with Gasteiger partial charge in [-0.1, -0.05) is 37.3 Å². The van der Waals surface area contributed by atoms with E-state index in [1.165, 1.54) is 37.7 Å². The Morgan fingerprint density at radius 3 is 2.60 bits per heavy atom. The number of hydrogen-bond donors (Lipinski definition) is 1. The second-order valence-corrected chi connectivity index (χ2v) is 5.93. The Kier molecular flexibility index (Phi) is 6.55. The number of aryl methyl sites for hydroxylation is 1. The predicted octanol–water partition coefficient (Wildman–Crippen LogP) is 3.80. The van der Waals surface area contributed by atoms with Crippen LogP contribution in [0.2, 0.25) is 0 Å². The van der Waals surface area contributed by atoms with Crippen molar-refractivity contribution in [2.24, 2.45) is 5.92 Å². The predicted molar refractivity (Wildman–Crippen MR) is 85.0 cm³/mol. The number of rotatable bonds is 9. The average Bonchev–Trinajstić information content (AvgIpc) is 2.43. The van der Waals surface area contributed by atoms with Crippen LogP contribution in [0.1, 0.15) is 45.1 Å². The van der Waals surface area contributed by atoms with Gasteiger partial charge in [-0.15, -0.1) is 0 Å². The highest BCUT2D eigenvalue weighted by Crippen LogP contribution is 2.34. The molecule has 0 saturated heterocycles. The van der Waals surface area contributed by atoms with Crippen LogP contribution in [0.3, 0.4) is 0 Å². The molecule has 112 valence electrons. The highest BCUT2D eigenvalue weighted by molar-refractivity contribution is 5.14. The van der Waals surface area contributed by atoms with Crippen LogP contribution in [-0.2, 0) is 11.2 Å². The fourth-order valence-corrected chi connectivity index (χ4v) is 3.22. The first kappa shape index (κ1) is 15.5. The molecule has 0 radical (unpaired) electrons. The maximum Gasteiger partial charge on any atom is 0.0580 e. The summed E-state index contributed by atoms with van der Waals surface area (Å²) >= 11 is 0. The minimum absolute atomic E-state index is 0.543. The maximum absolute atomic E-state index is 5.66. The summed E-state index contributed by atoms with van der Waals surface area (Å²) in [4.78, 5) is 0. The van der Waals surface area contributed by atoms with Crippen LogP contribution < -0.4 is 5.32 Å². The highest BCUT2D eigenvalue weighted by atomic mass is 16.5. The summed E-state index contributed by atoms with van der Waals surface area (Å²) in [6.07, 6.45) is 6.81. The second kappa shape index (κ2) is 8.43. The van der Waals surface area contributed by atoms with Crippen molar-refractivity contribution in [3.05, 3.63) is 35.9 Å². The van der Waals surface area contributed by atoms with E-state index in [9.17, 15) is 0 Å². The fourth-order valence-electron chi connectivity index (χ4n) is 3.22. The Morgan fingerprint density at radius 1 is 1.20 bits per heavy atom. The highest BCUT2D eigenvalue weighted by Gasteiger charge is 2.31. The molecule has 1 fully saturated rings. The van der Waals surface area contributed by atoms with Crippen molar-refractivity contribution in [2.45, 2.75) is 58.1 Å². The maximum atomic E-state index is 5.66. The Hall–Kier alpha value is -0.860. The Labute approximate surface area is 123 Å². The van der Waals surface area contributed by atoms with Gasteiger partial charge in [-0.3, -0.25) is 0 Å². The third kappa shape index (κ3) is 4.92. The summed E-state index contributed by atoms with van der Waals surface area (Å²) in [5.41, 5.74) is 1.45. The van der Waals surface area contributed by atoms with Gasteiger partial charge in [-0.2, -0.15) is 0 Å². The van der Waals surface area contributed by atoms with Gasteiger partial charge in [0.2, 0.25) is 0 Å². The lowest BCUT2D eigenvalue weighted by Crippen LogP contribution is -2.38. The van der Waals surface area contributed by atoms with E-state index in [0.717, 1.165) is 19.1 Å². The van der Waals surface area contributed by atoms with Crippen LogP contribution in [0.25, 0.3) is 0 Å². The molecule has 1 unspecified atom stereocenters. The summed E-state index contributed by atoms with van der Waals surface area (Å²) in [7, 11) is 0. The number of hydrogen-bond acceptors (Lipinski definition) is 2. The van der Waals surface area contributed by atoms with Gasteiger partial charge in [-0.25, -0.2) is 0 Å². The van der Waals surface area contributed by atoms with E-state index >= 15 is 0 Å². The first-order chi connectivity index (χ1) is 9.81. The minimum Gasteiger partial charge on any atom is -0.378 e. The molecule has 1 aliphatic rings. The van der Waals surface area contributed by atoms with E-state index < -0.39 is 0 Å². The van der Waals surface area contributed by atoms with E-state index in [2.05, 4.69) is 49.5 Å². The van der Waals surface area contributed by atoms with Crippen LogP contribution in [0.4, 0.5) is 0 Å². The number of benzene rings is 1. The van der Waals surface area contributed by atoms with E-state index in [-0.39, 0.29) is 0 Å². The Bertz CT molecular complexity index is 359. The Balaban J connectivity index is 1.71. The third-order valence-corrected chi connectivity index (χ3v) is 4.33. The minimum atomic E-state index is 0.543. The van der Waals surface area contributed by atoms with Crippen molar-refractivity contribution in [2.75, 3.05) is 13.2 Å². The summed E-state index contributed by atoms with van der Waals surface area (Å²) in [6, 6.07) is 11.5. The molecule has 2 heteroatoms. The van der Waals surface area contributed by atoms with Crippen molar-refractivity contribution in [1.82, 2.24) is 5.32 Å². The zero-order chi connectivity index (χ0) is 14.2. The largest absolute Gasteiger partial charge is 0.378 e. The molecule has 1 atom stereocenters. The van der Waals surface area contributed by atoms with E-state index in [1.54, 1.807) is 0 Å². The molecule has 0 aliphatic heterocycles. The van der Waals surface area contributed by atoms with Crippen LogP contribution in [0.5, 0.6) is 0 Å². The molecule has 0 aromatic heterocycles. The summed E-state index contributed by atoms with van der Waals surface area (Å²) < 4.78 is 5.66. The van der Waals surface area contributed by atoms with Gasteiger partial charge >= 0.3 is 0 Å². The molecule has 2 nitrogen and oxygen atoms in total. The van der Waals surface area contributed by atoms with Crippen molar-refractivity contribution >= 4 is 0 Å². The summed E-state index contributed by atoms with van der Waals surface area (Å²) in [6.45, 7) is 6.23. The number of nitrogens with one attached hydrogen (secondary N) is 1. The summed E-state index contributed by atoms with van der Waals surface area (Å²) in [5, 5.41) is 3.66. The van der Waals surface area contributed by atoms with Gasteiger partial charge in [-0.05, 0) is 57.1 Å². The Morgan fingerprint density at radius 2 is 1.95 bits per heavy atom. The lowest BCUT2D eigenvalue weighted by atomic mass is 9.77. The number of ether oxygens (including phenoxy) is 1. The standard InChI is InChI=1S/C18H29NO/c1-3-19-17(11-10-15-8-6-5-7-9-15)12-16-13-18(14-16)20-4-2/h5-9,16-19H,3-4,10-14H2,1-2H3. The lowest BCUT2D eigenvalue weighted by Gasteiger charge is -2.37. The SMILES string of the molecule is CCNC(CCc1ccccc1)CC1CC(OCC)C1. The first-order valence-electron chi connectivity index (χ1n) is 8.20. The average molecular weight is 275 g/mol. The van der Waals surface area contributed by atoms with Gasteiger partial charge in [0.25, 0.3) is 0 Å². The monoisotopic (exact) mass is 275 g/mol. The lowest BCUT2D eigenvalue weighted by molar-refractivity contribution is -0.0291. The second-order valence-electron chi connectivity index (χ2n) is 5.93. The zero-order valence-corrected chi connectivity index (χ0v) is 13.0. The van der Waals surface area contributed by atoms with E-state index in [0.29, 0.717) is 12.1 Å². The van der Waals surface area contributed by atoms with Crippen LogP contribution >= 0.6 is 0 Å². The van der Waals surface area contributed by atoms with Crippen molar-refractivity contribution in [3.8, 4) is 0 Å². The topological polar surface area (TPSA) is 21.3 Å². The first-order valence-corrected chi connectivity index (χ1v) is 8.20. The van der Waals surface area contributed by atoms with Crippen LogP contribution in [0.15, 0.2) is 30.3 Å². The van der Waals surface area contributed by atoms with Gasteiger partial charge in [0.1, 0.15) is 0 Å².